The van der Waals surface area contributed by atoms with Gasteiger partial charge >= 0.3 is 0 Å². The Morgan fingerprint density at radius 3 is 2.39 bits per heavy atom. The van der Waals surface area contributed by atoms with Crippen LogP contribution in [-0.4, -0.2) is 37.5 Å². The van der Waals surface area contributed by atoms with Crippen molar-refractivity contribution in [3.8, 4) is 0 Å². The Morgan fingerprint density at radius 1 is 1.22 bits per heavy atom. The second-order valence-electron chi connectivity index (χ2n) is 5.97. The zero-order valence-electron chi connectivity index (χ0n) is 13.3. The van der Waals surface area contributed by atoms with E-state index in [4.69, 9.17) is 11.6 Å². The lowest BCUT2D eigenvalue weighted by molar-refractivity contribution is -0.116. The molecular weight excluding hydrogens is 336 g/mol. The van der Waals surface area contributed by atoms with Gasteiger partial charge in [-0.3, -0.25) is 4.79 Å². The zero-order valence-corrected chi connectivity index (χ0v) is 14.9. The normalized spacial score (nSPS) is 16.5. The summed E-state index contributed by atoms with van der Waals surface area (Å²) in [6, 6.07) is 6.86. The summed E-state index contributed by atoms with van der Waals surface area (Å²) in [4.78, 5) is 12.0. The van der Waals surface area contributed by atoms with Crippen LogP contribution in [0.2, 0.25) is 5.02 Å². The Kier molecular flexibility index (Phi) is 6.44. The molecule has 1 N–H and O–H groups in total. The molecule has 1 saturated carbocycles. The SMILES string of the molecule is CS(=O)(=O)N(CCC(=O)Nc1ccc(Cl)cc1)C1CCCCC1. The third kappa shape index (κ3) is 5.79. The summed E-state index contributed by atoms with van der Waals surface area (Å²) in [5, 5.41) is 3.36. The summed E-state index contributed by atoms with van der Waals surface area (Å²) in [5.74, 6) is -0.197. The minimum atomic E-state index is -3.30. The van der Waals surface area contributed by atoms with Crippen LogP contribution in [0.4, 0.5) is 5.69 Å². The molecule has 1 amide bonds. The van der Waals surface area contributed by atoms with Crippen LogP contribution in [0.5, 0.6) is 0 Å². The maximum Gasteiger partial charge on any atom is 0.225 e. The van der Waals surface area contributed by atoms with Crippen molar-refractivity contribution in [3.63, 3.8) is 0 Å². The van der Waals surface area contributed by atoms with Gasteiger partial charge < -0.3 is 5.32 Å². The monoisotopic (exact) mass is 358 g/mol. The average Bonchev–Trinajstić information content (AvgIpc) is 2.49. The lowest BCUT2D eigenvalue weighted by atomic mass is 9.95. The Hall–Kier alpha value is -1.11. The van der Waals surface area contributed by atoms with Gasteiger partial charge in [0, 0.05) is 29.7 Å². The van der Waals surface area contributed by atoms with E-state index in [1.165, 1.54) is 10.6 Å². The molecule has 128 valence electrons. The van der Waals surface area contributed by atoms with Gasteiger partial charge in [0.05, 0.1) is 6.26 Å². The Morgan fingerprint density at radius 2 is 1.83 bits per heavy atom. The number of hydrogen-bond donors (Lipinski definition) is 1. The Bertz CT molecular complexity index is 625. The summed E-state index contributed by atoms with van der Waals surface area (Å²) in [6.45, 7) is 0.225. The average molecular weight is 359 g/mol. The highest BCUT2D eigenvalue weighted by molar-refractivity contribution is 7.88. The molecule has 0 spiro atoms. The third-order valence-electron chi connectivity index (χ3n) is 4.10. The van der Waals surface area contributed by atoms with E-state index in [1.54, 1.807) is 24.3 Å². The quantitative estimate of drug-likeness (QED) is 0.848. The fourth-order valence-corrected chi connectivity index (χ4v) is 4.26. The summed E-state index contributed by atoms with van der Waals surface area (Å²) in [5.41, 5.74) is 0.656. The molecule has 1 fully saturated rings. The van der Waals surface area contributed by atoms with Crippen molar-refractivity contribution in [2.45, 2.75) is 44.6 Å². The molecular formula is C16H23ClN2O3S. The molecule has 0 atom stereocenters. The maximum absolute atomic E-state index is 12.0. The molecule has 0 aliphatic heterocycles. The van der Waals surface area contributed by atoms with Crippen LogP contribution in [-0.2, 0) is 14.8 Å². The smallest absolute Gasteiger partial charge is 0.225 e. The van der Waals surface area contributed by atoms with Gasteiger partial charge in [-0.1, -0.05) is 30.9 Å². The van der Waals surface area contributed by atoms with Gasteiger partial charge in [0.15, 0.2) is 0 Å². The molecule has 0 bridgehead atoms. The van der Waals surface area contributed by atoms with E-state index in [0.717, 1.165) is 32.1 Å². The molecule has 0 unspecified atom stereocenters. The molecule has 0 heterocycles. The topological polar surface area (TPSA) is 66.5 Å². The van der Waals surface area contributed by atoms with Crippen LogP contribution in [0, 0.1) is 0 Å². The number of anilines is 1. The minimum Gasteiger partial charge on any atom is -0.326 e. The first-order valence-electron chi connectivity index (χ1n) is 7.88. The predicted molar refractivity (Wildman–Crippen MR) is 93.1 cm³/mol. The van der Waals surface area contributed by atoms with Gasteiger partial charge in [-0.2, -0.15) is 4.31 Å². The van der Waals surface area contributed by atoms with Crippen molar-refractivity contribution >= 4 is 33.2 Å². The van der Waals surface area contributed by atoms with Crippen molar-refractivity contribution in [3.05, 3.63) is 29.3 Å². The number of nitrogens with one attached hydrogen (secondary N) is 1. The van der Waals surface area contributed by atoms with Crippen molar-refractivity contribution in [2.24, 2.45) is 0 Å². The fourth-order valence-electron chi connectivity index (χ4n) is 2.96. The van der Waals surface area contributed by atoms with Gasteiger partial charge in [0.2, 0.25) is 15.9 Å². The number of amides is 1. The van der Waals surface area contributed by atoms with Crippen LogP contribution >= 0.6 is 11.6 Å². The summed E-state index contributed by atoms with van der Waals surface area (Å²) in [7, 11) is -3.30. The number of carbonyl (C=O) groups excluding carboxylic acids is 1. The Labute approximate surface area is 143 Å². The van der Waals surface area contributed by atoms with Crippen LogP contribution in [0.15, 0.2) is 24.3 Å². The molecule has 1 aliphatic carbocycles. The number of benzene rings is 1. The highest BCUT2D eigenvalue weighted by Gasteiger charge is 2.28. The van der Waals surface area contributed by atoms with Gasteiger partial charge in [0.1, 0.15) is 0 Å². The van der Waals surface area contributed by atoms with Crippen molar-refractivity contribution in [1.82, 2.24) is 4.31 Å². The lowest BCUT2D eigenvalue weighted by Crippen LogP contribution is -2.42. The van der Waals surface area contributed by atoms with Gasteiger partial charge in [-0.15, -0.1) is 0 Å². The maximum atomic E-state index is 12.0. The Balaban J connectivity index is 1.92. The van der Waals surface area contributed by atoms with Crippen LogP contribution in [0.25, 0.3) is 0 Å². The summed E-state index contributed by atoms with van der Waals surface area (Å²) in [6.07, 6.45) is 6.38. The van der Waals surface area contributed by atoms with E-state index >= 15 is 0 Å². The van der Waals surface area contributed by atoms with E-state index in [2.05, 4.69) is 5.32 Å². The standard InChI is InChI=1S/C16H23ClN2O3S/c1-23(21,22)19(15-5-3-2-4-6-15)12-11-16(20)18-14-9-7-13(17)8-10-14/h7-10,15H,2-6,11-12H2,1H3,(H,18,20). The highest BCUT2D eigenvalue weighted by atomic mass is 35.5. The number of hydrogen-bond acceptors (Lipinski definition) is 3. The summed E-state index contributed by atoms with van der Waals surface area (Å²) < 4.78 is 25.5. The number of nitrogens with zero attached hydrogens (tertiary/aromatic N) is 1. The molecule has 0 aromatic heterocycles. The first-order chi connectivity index (χ1) is 10.9. The molecule has 2 rings (SSSR count). The zero-order chi connectivity index (χ0) is 16.9. The number of rotatable bonds is 6. The first kappa shape index (κ1) is 18.2. The minimum absolute atomic E-state index is 0.0297. The van der Waals surface area contributed by atoms with Gasteiger partial charge in [0.25, 0.3) is 0 Å². The largest absolute Gasteiger partial charge is 0.326 e. The molecule has 5 nitrogen and oxygen atoms in total. The second-order valence-corrected chi connectivity index (χ2v) is 8.34. The predicted octanol–water partition coefficient (Wildman–Crippen LogP) is 3.26. The van der Waals surface area contributed by atoms with Crippen LogP contribution < -0.4 is 5.32 Å². The van der Waals surface area contributed by atoms with Crippen molar-refractivity contribution in [1.29, 1.82) is 0 Å². The van der Waals surface area contributed by atoms with Gasteiger partial charge in [-0.05, 0) is 37.1 Å². The molecule has 23 heavy (non-hydrogen) atoms. The molecule has 1 aromatic carbocycles. The first-order valence-corrected chi connectivity index (χ1v) is 10.1. The second kappa shape index (κ2) is 8.13. The summed E-state index contributed by atoms with van der Waals surface area (Å²) >= 11 is 5.80. The van der Waals surface area contributed by atoms with Crippen molar-refractivity contribution in [2.75, 3.05) is 18.1 Å². The van der Waals surface area contributed by atoms with Crippen LogP contribution in [0.1, 0.15) is 38.5 Å². The molecule has 1 aliphatic rings. The highest BCUT2D eigenvalue weighted by Crippen LogP contribution is 2.24. The molecule has 7 heteroatoms. The molecule has 0 radical (unpaired) electrons. The van der Waals surface area contributed by atoms with E-state index in [0.29, 0.717) is 10.7 Å². The molecule has 0 saturated heterocycles. The van der Waals surface area contributed by atoms with Crippen molar-refractivity contribution < 1.29 is 13.2 Å². The number of sulfonamides is 1. The van der Waals surface area contributed by atoms with Crippen LogP contribution in [0.3, 0.4) is 0 Å². The van der Waals surface area contributed by atoms with E-state index in [1.807, 2.05) is 0 Å². The number of carbonyl (C=O) groups is 1. The van der Waals surface area contributed by atoms with E-state index in [9.17, 15) is 13.2 Å². The lowest BCUT2D eigenvalue weighted by Gasteiger charge is -2.32. The molecule has 1 aromatic rings. The van der Waals surface area contributed by atoms with Gasteiger partial charge in [-0.25, -0.2) is 8.42 Å². The fraction of sp³-hybridized carbons (Fsp3) is 0.562. The number of halogens is 1. The third-order valence-corrected chi connectivity index (χ3v) is 5.68. The van der Waals surface area contributed by atoms with E-state index < -0.39 is 10.0 Å². The van der Waals surface area contributed by atoms with E-state index in [-0.39, 0.29) is 24.9 Å².